The van der Waals surface area contributed by atoms with Gasteiger partial charge in [0.25, 0.3) is 0 Å². The van der Waals surface area contributed by atoms with Crippen molar-refractivity contribution < 1.29 is 226 Å². The Kier molecular flexibility index (Phi) is 27.4. The van der Waals surface area contributed by atoms with Crippen LogP contribution >= 0.6 is 0 Å². The molecule has 0 amide bonds. The number of rotatable bonds is 22. The molecule has 10 aliphatic rings. The van der Waals surface area contributed by atoms with Gasteiger partial charge in [0.2, 0.25) is 20.8 Å². The number of aliphatic hydroxyl groups excluding tert-OH is 11. The second kappa shape index (κ2) is 32.3. The molecule has 0 radical (unpaired) electrons. The predicted molar refractivity (Wildman–Crippen MR) is 322 cm³/mol. The molecule has 35 nitrogen and oxygen atoms in total. The molecule has 12 N–H and O–H groups in total. The summed E-state index contributed by atoms with van der Waals surface area (Å²) in [5.41, 5.74) is -4.36. The number of carbonyl (C=O) groups excluding carboxylic acids is 2. The number of carbonyl (C=O) groups is 2. The third kappa shape index (κ3) is 16.7. The molecule has 0 aromatic carbocycles. The largest absolute Gasteiger partial charge is 1.00 e. The Bertz CT molecular complexity index is 3160. The quantitative estimate of drug-likeness (QED) is 0.0157. The molecular weight excluding hydrogens is 1410 g/mol. The van der Waals surface area contributed by atoms with Gasteiger partial charge in [-0.3, -0.25) is 18.0 Å². The first-order valence-electron chi connectivity index (χ1n) is 33.1. The molecule has 6 saturated heterocycles. The van der Waals surface area contributed by atoms with E-state index in [1.165, 1.54) is 13.8 Å². The van der Waals surface area contributed by atoms with Crippen LogP contribution in [0, 0.1) is 39.4 Å². The minimum atomic E-state index is -5.60. The van der Waals surface area contributed by atoms with E-state index in [9.17, 15) is 96.8 Å². The van der Waals surface area contributed by atoms with Gasteiger partial charge in [-0.1, -0.05) is 51.5 Å². The number of cyclic esters (lactones) is 1. The minimum absolute atomic E-state index is 0. The fourth-order valence-corrected chi connectivity index (χ4v) is 18.8. The molecule has 0 unspecified atom stereocenters. The molecule has 4 aliphatic carbocycles. The molecule has 0 aromatic heterocycles. The summed E-state index contributed by atoms with van der Waals surface area (Å²) in [7, 11) is -9.94. The molecule has 0 bridgehead atoms. The van der Waals surface area contributed by atoms with Gasteiger partial charge < -0.3 is 132 Å². The first-order valence-corrected chi connectivity index (χ1v) is 35.8. The van der Waals surface area contributed by atoms with E-state index >= 15 is 0 Å². The molecule has 9 fully saturated rings. The number of fused-ring (bicyclic) bond motifs is 4. The minimum Gasteiger partial charge on any atom is -0.726 e. The number of ether oxygens (including phenoxy) is 13. The van der Waals surface area contributed by atoms with Crippen molar-refractivity contribution in [1.82, 2.24) is 0 Å². The van der Waals surface area contributed by atoms with Gasteiger partial charge in [-0.05, 0) is 88.9 Å². The number of allylic oxidation sites excluding steroid dienone is 2. The molecule has 1 spiro atoms. The fraction of sp³-hybridized carbons (Fsp3) is 0.903. The zero-order valence-corrected chi connectivity index (χ0v) is 64.0. The van der Waals surface area contributed by atoms with E-state index in [4.69, 9.17) is 65.8 Å². The zero-order chi connectivity index (χ0) is 73.0. The van der Waals surface area contributed by atoms with Crippen LogP contribution in [-0.4, -0.2) is 304 Å². The van der Waals surface area contributed by atoms with Gasteiger partial charge in [0.15, 0.2) is 31.5 Å². The summed E-state index contributed by atoms with van der Waals surface area (Å²) in [6.07, 6.45) is -40.1. The number of esters is 2. The van der Waals surface area contributed by atoms with Crippen molar-refractivity contribution in [3.63, 3.8) is 0 Å². The van der Waals surface area contributed by atoms with E-state index in [1.54, 1.807) is 26.0 Å². The zero-order valence-electron chi connectivity index (χ0n) is 58.3. The van der Waals surface area contributed by atoms with Crippen LogP contribution in [0.2, 0.25) is 0 Å². The summed E-state index contributed by atoms with van der Waals surface area (Å²) in [6.45, 7) is 12.0. The molecule has 10 rings (SSSR count). The maximum absolute atomic E-state index is 14.8. The molecule has 568 valence electrons. The van der Waals surface area contributed by atoms with Gasteiger partial charge in [-0.2, -0.15) is 0 Å². The van der Waals surface area contributed by atoms with Crippen LogP contribution in [0.4, 0.5) is 0 Å². The van der Waals surface area contributed by atoms with E-state index in [0.29, 0.717) is 38.5 Å². The Balaban J connectivity index is 0.00000648. The number of aliphatic hydroxyl groups is 12. The number of hydrogen-bond acceptors (Lipinski definition) is 35. The van der Waals surface area contributed by atoms with Crippen molar-refractivity contribution in [2.45, 2.75) is 278 Å². The molecule has 6 aliphatic heterocycles. The van der Waals surface area contributed by atoms with Gasteiger partial charge >= 0.3 is 71.1 Å². The van der Waals surface area contributed by atoms with E-state index in [-0.39, 0.29) is 83.3 Å². The van der Waals surface area contributed by atoms with Crippen molar-refractivity contribution in [2.75, 3.05) is 33.5 Å². The summed E-state index contributed by atoms with van der Waals surface area (Å²) in [6, 6.07) is 0. The second-order valence-electron chi connectivity index (χ2n) is 29.8. The molecule has 39 heteroatoms. The van der Waals surface area contributed by atoms with Crippen LogP contribution < -0.4 is 59.1 Å². The van der Waals surface area contributed by atoms with Crippen LogP contribution in [-0.2, 0) is 100 Å². The van der Waals surface area contributed by atoms with Crippen molar-refractivity contribution in [2.24, 2.45) is 39.4 Å². The first kappa shape index (κ1) is 85.8. The van der Waals surface area contributed by atoms with E-state index in [0.717, 1.165) is 12.7 Å². The Morgan fingerprint density at radius 1 is 0.673 bits per heavy atom. The number of methoxy groups -OCH3 is 1. The standard InChI is InChI=1S/C62H98O35S2.2Na/c1-25-45(92-53-44(74)47(37(67)31(22-64)89-53)93-52-43(73)46(83-10)38(68)32(90-52)24-85-98(77,78)79)42(72)49(94-51-41(71)40(70)36(66)30(21-63)88-51)55(86-25)95-48-39(69)33(97-99(80,81)82)23-84-54(48)91-35-15-18-59(7)27-14-19-62-50(61(9,96-56(62)75)17-11-16-57(3,4)76)29(87-26(2)65)20-60(62,8)28(27)12-13-34(59)58(35,5)6;;/h11-12,16,25,27,29-55,63-64,66-74,76H,13-15,17-24H2,1-10H3,(H,77,78,79)(H,80,81,82);;/q;2*+1/p-2/b16-11+;;/t25-,27+,29+,30-,31-,32-,33-,34+,35+,36-,37-,38-,39+,40+,41-,42+,43-,44-,45-,46+,47+,48-,49-,50-,51+,52+,53+,54+,55+,59-,60+,61+,62-;;/m1../s1. The fourth-order valence-electron chi connectivity index (χ4n) is 18.0. The molecule has 6 heterocycles. The van der Waals surface area contributed by atoms with Crippen LogP contribution in [0.5, 0.6) is 0 Å². The second-order valence-corrected chi connectivity index (χ2v) is 31.8. The monoisotopic (exact) mass is 1510 g/mol. The van der Waals surface area contributed by atoms with Crippen molar-refractivity contribution in [1.29, 1.82) is 0 Å². The normalized spacial score (nSPS) is 47.7. The molecule has 0 aromatic rings. The molecule has 33 atom stereocenters. The summed E-state index contributed by atoms with van der Waals surface area (Å²) < 4.78 is 158. The van der Waals surface area contributed by atoms with Gasteiger partial charge in [-0.25, -0.2) is 16.8 Å². The average molecular weight is 1510 g/mol. The third-order valence-electron chi connectivity index (χ3n) is 22.7. The maximum atomic E-state index is 14.8. The van der Waals surface area contributed by atoms with Crippen LogP contribution in [0.3, 0.4) is 0 Å². The first-order chi connectivity index (χ1) is 46.0. The summed E-state index contributed by atoms with van der Waals surface area (Å²) in [4.78, 5) is 27.7. The summed E-state index contributed by atoms with van der Waals surface area (Å²) in [5, 5.41) is 134. The van der Waals surface area contributed by atoms with Gasteiger partial charge in [0, 0.05) is 25.9 Å². The Labute approximate surface area is 629 Å². The predicted octanol–water partition coefficient (Wildman–Crippen LogP) is -10.1. The van der Waals surface area contributed by atoms with Gasteiger partial charge in [0.05, 0.1) is 55.6 Å². The smallest absolute Gasteiger partial charge is 0.726 e. The average Bonchev–Trinajstić information content (AvgIpc) is 1.51. The van der Waals surface area contributed by atoms with E-state index in [2.05, 4.69) is 24.1 Å². The molecular formula is C62H96Na2O35S2. The Hall–Kier alpha value is -0.760. The van der Waals surface area contributed by atoms with Crippen molar-refractivity contribution in [3.05, 3.63) is 23.8 Å². The van der Waals surface area contributed by atoms with Crippen molar-refractivity contribution in [3.8, 4) is 0 Å². The van der Waals surface area contributed by atoms with Gasteiger partial charge in [0.1, 0.15) is 122 Å². The Morgan fingerprint density at radius 3 is 1.83 bits per heavy atom. The summed E-state index contributed by atoms with van der Waals surface area (Å²) >= 11 is 0. The van der Waals surface area contributed by atoms with Crippen LogP contribution in [0.25, 0.3) is 0 Å². The topological polar surface area (TPSA) is 530 Å². The Morgan fingerprint density at radius 2 is 1.24 bits per heavy atom. The van der Waals surface area contributed by atoms with Crippen LogP contribution in [0.1, 0.15) is 107 Å². The summed E-state index contributed by atoms with van der Waals surface area (Å²) in [5.74, 6) is -1.70. The maximum Gasteiger partial charge on any atom is 1.00 e. The molecule has 3 saturated carbocycles. The number of hydrogen-bond donors (Lipinski definition) is 12. The SMILES string of the molecule is CO[C@@H]1[C@@H](O)[C@H](O[C@@H]2[C@@H](O)[C@H](O[C@H]3[C@H](O)[C@@H](O[C@@H]4O[C@H](CO)[C@@H](O)[C@H](O)[C@H]4O)[C@H](O[C@H]4[C@H](O[C@H]5CC[C@]6(C)[C@H]7CC[C@]89C(=O)O[C@@](C)(C/C=C/C(C)(C)O)[C@H]8[C@@H](OC(C)=O)C[C@@]9(C)C7=CC[C@H]6C5(C)C)OC[C@@H](OS(=O)(=O)[O-])[C@@H]4O)O[C@@H]3C)O[C@H](CO)[C@H]2O)O[C@H](COS(=O)(=O)[O-])[C@H]1O.[Na+].[Na+]. The molecule has 101 heavy (non-hydrogen) atoms. The van der Waals surface area contributed by atoms with Crippen LogP contribution in [0.15, 0.2) is 23.8 Å². The van der Waals surface area contributed by atoms with E-state index < -0.39 is 252 Å². The van der Waals surface area contributed by atoms with Crippen molar-refractivity contribution >= 4 is 32.7 Å². The van der Waals surface area contributed by atoms with Gasteiger partial charge in [-0.15, -0.1) is 0 Å². The van der Waals surface area contributed by atoms with E-state index in [1.807, 2.05) is 20.8 Å². The third-order valence-corrected chi connectivity index (χ3v) is 23.6.